The quantitative estimate of drug-likeness (QED) is 0.645. The van der Waals surface area contributed by atoms with Crippen LogP contribution in [0.4, 0.5) is 5.82 Å². The van der Waals surface area contributed by atoms with Crippen LogP contribution in [0.3, 0.4) is 0 Å². The van der Waals surface area contributed by atoms with Crippen molar-refractivity contribution in [2.24, 2.45) is 0 Å². The monoisotopic (exact) mass is 412 g/mol. The number of hydrogen-bond acceptors (Lipinski definition) is 5. The van der Waals surface area contributed by atoms with Gasteiger partial charge < -0.3 is 15.8 Å². The molecule has 0 aliphatic carbocycles. The van der Waals surface area contributed by atoms with Crippen LogP contribution in [-0.2, 0) is 4.74 Å². The van der Waals surface area contributed by atoms with E-state index in [2.05, 4.69) is 45.6 Å². The molecule has 0 bridgehead atoms. The van der Waals surface area contributed by atoms with E-state index in [1.807, 2.05) is 26.3 Å². The molecule has 4 heterocycles. The third-order valence-corrected chi connectivity index (χ3v) is 6.64. The molecular weight excluding hydrogens is 383 g/mol. The Kier molecular flexibility index (Phi) is 5.75. The Bertz CT molecular complexity index is 1070. The Hall–Kier alpha value is -2.70. The topological polar surface area (TPSA) is 73.1 Å². The minimum Gasteiger partial charge on any atom is -0.383 e. The number of benzene rings is 1. The Balaban J connectivity index is 1.56. The maximum atomic E-state index is 6.25. The van der Waals surface area contributed by atoms with Crippen LogP contribution in [0.5, 0.6) is 0 Å². The molecule has 3 aromatic rings. The van der Waals surface area contributed by atoms with E-state index in [1.54, 1.807) is 0 Å². The number of nitrogens with one attached hydrogen (secondary N) is 1. The summed E-state index contributed by atoms with van der Waals surface area (Å²) in [5, 5.41) is 3.71. The van der Waals surface area contributed by atoms with Crippen LogP contribution in [-0.4, -0.2) is 37.6 Å². The number of ether oxygens (including phenoxy) is 1. The van der Waals surface area contributed by atoms with Crippen molar-refractivity contribution in [2.75, 3.05) is 25.5 Å². The van der Waals surface area contributed by atoms with Crippen LogP contribution in [0.2, 0.25) is 0 Å². The molecule has 2 aliphatic rings. The summed E-state index contributed by atoms with van der Waals surface area (Å²) in [5.74, 6) is 1.13. The molecule has 0 saturated carbocycles. The first-order chi connectivity index (χ1) is 15.2. The maximum Gasteiger partial charge on any atom is 0.163 e. The number of rotatable bonds is 4. The van der Waals surface area contributed by atoms with E-state index < -0.39 is 0 Å². The van der Waals surface area contributed by atoms with Crippen molar-refractivity contribution in [3.05, 3.63) is 59.9 Å². The highest BCUT2D eigenvalue weighted by atomic mass is 16.5. The molecule has 3 N–H and O–H groups in total. The molecule has 2 saturated heterocycles. The standard InChI is InChI=1S/C25H29BN4O/c26-24-14-18(5-9-29-24)21-13-19(15-30-25(21)27)17-3-4-20(16-6-10-31-11-7-16)22(12-17)23-2-1-8-28-23/h3-5,9,12-16,23,28H,1-2,6-8,10-11,26H2,(H2,27,30)/t23-/m0/s1. The van der Waals surface area contributed by atoms with Crippen molar-refractivity contribution in [3.8, 4) is 22.3 Å². The van der Waals surface area contributed by atoms with Crippen LogP contribution in [0.15, 0.2) is 48.8 Å². The maximum absolute atomic E-state index is 6.25. The number of nitrogen functional groups attached to an aromatic ring is 1. The fraction of sp³-hybridized carbons (Fsp3) is 0.360. The first-order valence-electron chi connectivity index (χ1n) is 11.3. The van der Waals surface area contributed by atoms with Gasteiger partial charge in [0, 0.05) is 42.8 Å². The second-order valence-electron chi connectivity index (χ2n) is 8.72. The fourth-order valence-electron chi connectivity index (χ4n) is 4.96. The van der Waals surface area contributed by atoms with Gasteiger partial charge in [-0.05, 0) is 90.3 Å². The Morgan fingerprint density at radius 3 is 2.58 bits per heavy atom. The number of anilines is 1. The van der Waals surface area contributed by atoms with Crippen molar-refractivity contribution in [2.45, 2.75) is 37.6 Å². The molecule has 0 amide bonds. The largest absolute Gasteiger partial charge is 0.383 e. The van der Waals surface area contributed by atoms with Gasteiger partial charge in [-0.15, -0.1) is 0 Å². The molecule has 2 fully saturated rings. The highest BCUT2D eigenvalue weighted by Crippen LogP contribution is 2.38. The average molecular weight is 412 g/mol. The lowest BCUT2D eigenvalue weighted by Crippen LogP contribution is -2.19. The Morgan fingerprint density at radius 1 is 0.935 bits per heavy atom. The number of aromatic nitrogens is 2. The molecule has 1 atom stereocenters. The SMILES string of the molecule is Bc1cc(-c2cc(-c3ccc(C4CCOCC4)c([C@@H]4CCCN4)c3)cnc2N)ccn1. The molecule has 158 valence electrons. The fourth-order valence-corrected chi connectivity index (χ4v) is 4.96. The summed E-state index contributed by atoms with van der Waals surface area (Å²) in [5.41, 5.74) is 14.4. The lowest BCUT2D eigenvalue weighted by Gasteiger charge is -2.27. The van der Waals surface area contributed by atoms with Gasteiger partial charge in [-0.2, -0.15) is 0 Å². The number of nitrogens with two attached hydrogens (primary N) is 1. The highest BCUT2D eigenvalue weighted by molar-refractivity contribution is 6.30. The van der Waals surface area contributed by atoms with Crippen LogP contribution in [0.1, 0.15) is 48.8 Å². The van der Waals surface area contributed by atoms with Gasteiger partial charge in [0.2, 0.25) is 0 Å². The van der Waals surface area contributed by atoms with Crippen molar-refractivity contribution < 1.29 is 4.74 Å². The van der Waals surface area contributed by atoms with E-state index in [9.17, 15) is 0 Å². The number of pyridine rings is 2. The summed E-state index contributed by atoms with van der Waals surface area (Å²) in [4.78, 5) is 8.83. The van der Waals surface area contributed by atoms with Gasteiger partial charge in [0.05, 0.1) is 0 Å². The van der Waals surface area contributed by atoms with E-state index in [0.717, 1.165) is 54.9 Å². The summed E-state index contributed by atoms with van der Waals surface area (Å²) in [6.07, 6.45) is 8.35. The summed E-state index contributed by atoms with van der Waals surface area (Å²) >= 11 is 0. The van der Waals surface area contributed by atoms with E-state index in [1.165, 1.54) is 29.5 Å². The molecule has 5 nitrogen and oxygen atoms in total. The molecule has 6 heteroatoms. The van der Waals surface area contributed by atoms with Crippen LogP contribution < -0.4 is 16.6 Å². The summed E-state index contributed by atoms with van der Waals surface area (Å²) < 4.78 is 5.61. The second kappa shape index (κ2) is 8.81. The molecule has 2 aliphatic heterocycles. The lowest BCUT2D eigenvalue weighted by atomic mass is 9.84. The minimum absolute atomic E-state index is 0.432. The molecule has 0 spiro atoms. The zero-order chi connectivity index (χ0) is 21.2. The van der Waals surface area contributed by atoms with E-state index in [-0.39, 0.29) is 0 Å². The Labute approximate surface area is 184 Å². The van der Waals surface area contributed by atoms with Gasteiger partial charge in [0.25, 0.3) is 0 Å². The summed E-state index contributed by atoms with van der Waals surface area (Å²) in [7, 11) is 1.99. The van der Waals surface area contributed by atoms with Crippen molar-refractivity contribution in [3.63, 3.8) is 0 Å². The predicted octanol–water partition coefficient (Wildman–Crippen LogP) is 2.97. The number of hydrogen-bond donors (Lipinski definition) is 2. The molecule has 0 radical (unpaired) electrons. The van der Waals surface area contributed by atoms with Crippen molar-refractivity contribution in [1.82, 2.24) is 15.3 Å². The third kappa shape index (κ3) is 4.23. The van der Waals surface area contributed by atoms with Gasteiger partial charge in [-0.1, -0.05) is 12.1 Å². The first kappa shape index (κ1) is 20.2. The van der Waals surface area contributed by atoms with Gasteiger partial charge in [-0.25, -0.2) is 4.98 Å². The van der Waals surface area contributed by atoms with E-state index >= 15 is 0 Å². The van der Waals surface area contributed by atoms with Crippen LogP contribution >= 0.6 is 0 Å². The van der Waals surface area contributed by atoms with Gasteiger partial charge in [0.15, 0.2) is 7.85 Å². The first-order valence-corrected chi connectivity index (χ1v) is 11.3. The Morgan fingerprint density at radius 2 is 1.81 bits per heavy atom. The molecule has 1 aromatic carbocycles. The van der Waals surface area contributed by atoms with Crippen molar-refractivity contribution >= 4 is 19.3 Å². The minimum atomic E-state index is 0.432. The lowest BCUT2D eigenvalue weighted by molar-refractivity contribution is 0.0851. The zero-order valence-electron chi connectivity index (χ0n) is 18.1. The summed E-state index contributed by atoms with van der Waals surface area (Å²) in [6, 6.07) is 13.6. The second-order valence-corrected chi connectivity index (χ2v) is 8.72. The molecular formula is C25H29BN4O. The molecule has 5 rings (SSSR count). The normalized spacial score (nSPS) is 19.5. The van der Waals surface area contributed by atoms with Crippen LogP contribution in [0, 0.1) is 0 Å². The number of nitrogens with zero attached hydrogens (tertiary/aromatic N) is 2. The molecule has 2 aromatic heterocycles. The van der Waals surface area contributed by atoms with Gasteiger partial charge in [0.1, 0.15) is 5.82 Å². The van der Waals surface area contributed by atoms with E-state index in [0.29, 0.717) is 17.8 Å². The van der Waals surface area contributed by atoms with E-state index in [4.69, 9.17) is 10.5 Å². The van der Waals surface area contributed by atoms with Gasteiger partial charge in [-0.3, -0.25) is 4.98 Å². The van der Waals surface area contributed by atoms with Crippen molar-refractivity contribution in [1.29, 1.82) is 0 Å². The van der Waals surface area contributed by atoms with Gasteiger partial charge >= 0.3 is 0 Å². The molecule has 0 unspecified atom stereocenters. The highest BCUT2D eigenvalue weighted by Gasteiger charge is 2.25. The molecule has 31 heavy (non-hydrogen) atoms. The van der Waals surface area contributed by atoms with Crippen LogP contribution in [0.25, 0.3) is 22.3 Å². The third-order valence-electron chi connectivity index (χ3n) is 6.64. The average Bonchev–Trinajstić information content (AvgIpc) is 3.35. The summed E-state index contributed by atoms with van der Waals surface area (Å²) in [6.45, 7) is 2.82. The smallest absolute Gasteiger partial charge is 0.163 e. The zero-order valence-corrected chi connectivity index (χ0v) is 18.1. The predicted molar refractivity (Wildman–Crippen MR) is 128 cm³/mol.